The van der Waals surface area contributed by atoms with E-state index in [1.54, 1.807) is 6.33 Å². The third kappa shape index (κ3) is 2.71. The summed E-state index contributed by atoms with van der Waals surface area (Å²) in [6.07, 6.45) is 3.58. The standard InChI is InChI=1S/C16H22F2N4O2/c1-20-10-19-13-7-21(11-2-4-24-5-3-11)6-12(14(13)20)15(23)22-8-16(17,18)9-22/h10-12H,2-9H2,1H3. The molecular weight excluding hydrogens is 318 g/mol. The molecule has 1 amide bonds. The molecule has 2 saturated heterocycles. The molecule has 3 aliphatic rings. The number of alkyl halides is 2. The van der Waals surface area contributed by atoms with Crippen molar-refractivity contribution in [1.29, 1.82) is 0 Å². The molecule has 0 aliphatic carbocycles. The molecule has 0 bridgehead atoms. The maximum absolute atomic E-state index is 13.2. The smallest absolute Gasteiger partial charge is 0.282 e. The number of carbonyl (C=O) groups excluding carboxylic acids is 1. The van der Waals surface area contributed by atoms with Crippen LogP contribution in [0.1, 0.15) is 30.1 Å². The van der Waals surface area contributed by atoms with E-state index >= 15 is 0 Å². The predicted octanol–water partition coefficient (Wildman–Crippen LogP) is 0.976. The van der Waals surface area contributed by atoms with Crippen LogP contribution in [-0.2, 0) is 23.1 Å². The summed E-state index contributed by atoms with van der Waals surface area (Å²) in [6, 6.07) is 0.363. The van der Waals surface area contributed by atoms with Crippen LogP contribution >= 0.6 is 0 Å². The van der Waals surface area contributed by atoms with Crippen LogP contribution in [0, 0.1) is 0 Å². The van der Waals surface area contributed by atoms with E-state index < -0.39 is 24.9 Å². The fourth-order valence-corrected chi connectivity index (χ4v) is 4.05. The molecule has 24 heavy (non-hydrogen) atoms. The Kier molecular flexibility index (Phi) is 3.84. The number of ether oxygens (including phenoxy) is 1. The largest absolute Gasteiger partial charge is 0.381 e. The van der Waals surface area contributed by atoms with Crippen LogP contribution in [0.4, 0.5) is 8.78 Å². The van der Waals surface area contributed by atoms with Crippen molar-refractivity contribution in [2.24, 2.45) is 7.05 Å². The molecule has 2 fully saturated rings. The van der Waals surface area contributed by atoms with Gasteiger partial charge in [-0.25, -0.2) is 13.8 Å². The van der Waals surface area contributed by atoms with Crippen molar-refractivity contribution in [1.82, 2.24) is 19.4 Å². The number of amides is 1. The molecule has 0 spiro atoms. The van der Waals surface area contributed by atoms with E-state index in [2.05, 4.69) is 9.88 Å². The molecule has 1 unspecified atom stereocenters. The molecule has 1 aromatic rings. The Hall–Kier alpha value is -1.54. The summed E-state index contributed by atoms with van der Waals surface area (Å²) in [4.78, 5) is 20.8. The van der Waals surface area contributed by atoms with Crippen molar-refractivity contribution in [2.75, 3.05) is 32.8 Å². The summed E-state index contributed by atoms with van der Waals surface area (Å²) in [5.41, 5.74) is 1.76. The minimum atomic E-state index is -2.74. The highest BCUT2D eigenvalue weighted by molar-refractivity contribution is 5.85. The van der Waals surface area contributed by atoms with Crippen molar-refractivity contribution in [3.63, 3.8) is 0 Å². The molecule has 1 atom stereocenters. The highest BCUT2D eigenvalue weighted by atomic mass is 19.3. The summed E-state index contributed by atoms with van der Waals surface area (Å²) in [6.45, 7) is 1.80. The predicted molar refractivity (Wildman–Crippen MR) is 81.7 cm³/mol. The molecule has 3 aliphatic heterocycles. The zero-order valence-electron chi connectivity index (χ0n) is 13.8. The zero-order chi connectivity index (χ0) is 16.9. The van der Waals surface area contributed by atoms with Gasteiger partial charge in [0.25, 0.3) is 5.92 Å². The van der Waals surface area contributed by atoms with Gasteiger partial charge in [0.2, 0.25) is 5.91 Å². The Morgan fingerprint density at radius 2 is 2.04 bits per heavy atom. The first-order valence-electron chi connectivity index (χ1n) is 8.43. The number of hydrogen-bond donors (Lipinski definition) is 0. The Morgan fingerprint density at radius 1 is 1.33 bits per heavy atom. The van der Waals surface area contributed by atoms with Crippen molar-refractivity contribution < 1.29 is 18.3 Å². The Bertz CT molecular complexity index is 634. The second-order valence-electron chi connectivity index (χ2n) is 7.06. The fraction of sp³-hybridized carbons (Fsp3) is 0.750. The van der Waals surface area contributed by atoms with E-state index in [0.29, 0.717) is 19.1 Å². The van der Waals surface area contributed by atoms with E-state index in [9.17, 15) is 13.6 Å². The van der Waals surface area contributed by atoms with Crippen LogP contribution in [0.3, 0.4) is 0 Å². The summed E-state index contributed by atoms with van der Waals surface area (Å²) in [5.74, 6) is -3.36. The third-order valence-electron chi connectivity index (χ3n) is 5.32. The normalized spacial score (nSPS) is 27.6. The van der Waals surface area contributed by atoms with Crippen molar-refractivity contribution in [3.05, 3.63) is 17.7 Å². The van der Waals surface area contributed by atoms with Crippen molar-refractivity contribution in [3.8, 4) is 0 Å². The number of carbonyl (C=O) groups is 1. The molecule has 0 aromatic carbocycles. The maximum Gasteiger partial charge on any atom is 0.282 e. The Labute approximate surface area is 139 Å². The molecule has 1 aromatic heterocycles. The monoisotopic (exact) mass is 340 g/mol. The zero-order valence-corrected chi connectivity index (χ0v) is 13.8. The summed E-state index contributed by atoms with van der Waals surface area (Å²) in [7, 11) is 1.86. The number of halogens is 2. The number of likely N-dealkylation sites (tertiary alicyclic amines) is 1. The van der Waals surface area contributed by atoms with Gasteiger partial charge in [-0.05, 0) is 12.8 Å². The topological polar surface area (TPSA) is 50.6 Å². The third-order valence-corrected chi connectivity index (χ3v) is 5.32. The molecule has 0 radical (unpaired) electrons. The number of hydrogen-bond acceptors (Lipinski definition) is 4. The molecule has 4 rings (SSSR count). The minimum absolute atomic E-state index is 0.206. The van der Waals surface area contributed by atoms with Crippen LogP contribution < -0.4 is 0 Å². The van der Waals surface area contributed by atoms with E-state index in [0.717, 1.165) is 37.4 Å². The molecule has 8 heteroatoms. The number of nitrogens with zero attached hydrogens (tertiary/aromatic N) is 4. The number of fused-ring (bicyclic) bond motifs is 1. The molecule has 0 saturated carbocycles. The lowest BCUT2D eigenvalue weighted by Crippen LogP contribution is -2.60. The maximum atomic E-state index is 13.2. The van der Waals surface area contributed by atoms with Gasteiger partial charge >= 0.3 is 0 Å². The van der Waals surface area contributed by atoms with E-state index in [1.165, 1.54) is 4.90 Å². The van der Waals surface area contributed by atoms with Crippen LogP contribution in [0.2, 0.25) is 0 Å². The van der Waals surface area contributed by atoms with Crippen LogP contribution in [0.15, 0.2) is 6.33 Å². The van der Waals surface area contributed by atoms with Gasteiger partial charge < -0.3 is 14.2 Å². The Balaban J connectivity index is 1.57. The number of rotatable bonds is 2. The average molecular weight is 340 g/mol. The molecule has 132 valence electrons. The summed E-state index contributed by atoms with van der Waals surface area (Å²) < 4.78 is 33.6. The lowest BCUT2D eigenvalue weighted by Gasteiger charge is -2.44. The second-order valence-corrected chi connectivity index (χ2v) is 7.06. The van der Waals surface area contributed by atoms with Gasteiger partial charge in [-0.15, -0.1) is 0 Å². The lowest BCUT2D eigenvalue weighted by molar-refractivity contribution is -0.168. The van der Waals surface area contributed by atoms with Crippen LogP contribution in [0.5, 0.6) is 0 Å². The molecule has 0 N–H and O–H groups in total. The molecule has 4 heterocycles. The summed E-state index contributed by atoms with van der Waals surface area (Å²) in [5, 5.41) is 0. The molecule has 6 nitrogen and oxygen atoms in total. The van der Waals surface area contributed by atoms with Crippen LogP contribution in [0.25, 0.3) is 0 Å². The van der Waals surface area contributed by atoms with Gasteiger partial charge in [-0.2, -0.15) is 0 Å². The van der Waals surface area contributed by atoms with E-state index in [1.807, 2.05) is 11.6 Å². The highest BCUT2D eigenvalue weighted by Gasteiger charge is 2.49. The number of aryl methyl sites for hydroxylation is 1. The van der Waals surface area contributed by atoms with Gasteiger partial charge in [-0.1, -0.05) is 0 Å². The number of aromatic nitrogens is 2. The van der Waals surface area contributed by atoms with Gasteiger partial charge in [-0.3, -0.25) is 9.69 Å². The van der Waals surface area contributed by atoms with Gasteiger partial charge in [0, 0.05) is 39.4 Å². The Morgan fingerprint density at radius 3 is 2.71 bits per heavy atom. The quantitative estimate of drug-likeness (QED) is 0.805. The first kappa shape index (κ1) is 16.0. The number of imidazole rings is 1. The summed E-state index contributed by atoms with van der Waals surface area (Å²) >= 11 is 0. The lowest BCUT2D eigenvalue weighted by atomic mass is 9.92. The molecular formula is C16H22F2N4O2. The van der Waals surface area contributed by atoms with E-state index in [4.69, 9.17) is 4.74 Å². The van der Waals surface area contributed by atoms with Crippen molar-refractivity contribution in [2.45, 2.75) is 37.3 Å². The first-order valence-corrected chi connectivity index (χ1v) is 8.43. The first-order chi connectivity index (χ1) is 11.4. The van der Waals surface area contributed by atoms with Gasteiger partial charge in [0.05, 0.1) is 36.7 Å². The van der Waals surface area contributed by atoms with Crippen molar-refractivity contribution >= 4 is 5.91 Å². The van der Waals surface area contributed by atoms with E-state index in [-0.39, 0.29) is 5.91 Å². The SMILES string of the molecule is Cn1cnc2c1C(C(=O)N1CC(F)(F)C1)CN(C1CCOCC1)C2. The van der Waals surface area contributed by atoms with Crippen LogP contribution in [-0.4, -0.2) is 70.1 Å². The second kappa shape index (κ2) is 5.77. The van der Waals surface area contributed by atoms with Gasteiger partial charge in [0.1, 0.15) is 0 Å². The fourth-order valence-electron chi connectivity index (χ4n) is 4.05. The average Bonchev–Trinajstić information content (AvgIpc) is 2.93. The van der Waals surface area contributed by atoms with Gasteiger partial charge in [0.15, 0.2) is 0 Å². The highest BCUT2D eigenvalue weighted by Crippen LogP contribution is 2.35. The minimum Gasteiger partial charge on any atom is -0.381 e.